The molecule has 96 valence electrons. The van der Waals surface area contributed by atoms with E-state index in [-0.39, 0.29) is 6.04 Å². The lowest BCUT2D eigenvalue weighted by Gasteiger charge is -2.13. The Bertz CT molecular complexity index is 348. The molecular weight excluding hydrogens is 212 g/mol. The molecule has 2 N–H and O–H groups in total. The maximum absolute atomic E-state index is 5.84. The van der Waals surface area contributed by atoms with E-state index in [9.17, 15) is 0 Å². The summed E-state index contributed by atoms with van der Waals surface area (Å²) in [5, 5.41) is 0. The standard InChI is InChI=1S/C14H24N2O/c1-11-10-13(12(2)15)6-7-14(11)17-9-5-8-16(3)4/h6-7,10,12H,5,8-9,15H2,1-4H3. The molecule has 0 aliphatic carbocycles. The molecule has 0 aliphatic rings. The van der Waals surface area contributed by atoms with Gasteiger partial charge < -0.3 is 15.4 Å². The van der Waals surface area contributed by atoms with Crippen LogP contribution in [0.2, 0.25) is 0 Å². The van der Waals surface area contributed by atoms with E-state index in [4.69, 9.17) is 10.5 Å². The van der Waals surface area contributed by atoms with Gasteiger partial charge in [0.05, 0.1) is 6.61 Å². The second-order valence-electron chi connectivity index (χ2n) is 4.82. The van der Waals surface area contributed by atoms with Gasteiger partial charge in [-0.15, -0.1) is 0 Å². The van der Waals surface area contributed by atoms with Gasteiger partial charge in [-0.1, -0.05) is 12.1 Å². The quantitative estimate of drug-likeness (QED) is 0.771. The van der Waals surface area contributed by atoms with Crippen LogP contribution in [0.25, 0.3) is 0 Å². The molecule has 0 spiro atoms. The first kappa shape index (κ1) is 14.0. The first-order valence-electron chi connectivity index (χ1n) is 6.14. The topological polar surface area (TPSA) is 38.5 Å². The fraction of sp³-hybridized carbons (Fsp3) is 0.571. The number of rotatable bonds is 6. The monoisotopic (exact) mass is 236 g/mol. The van der Waals surface area contributed by atoms with Crippen molar-refractivity contribution >= 4 is 0 Å². The van der Waals surface area contributed by atoms with Crippen molar-refractivity contribution in [3.63, 3.8) is 0 Å². The Hall–Kier alpha value is -1.06. The molecule has 1 aromatic rings. The molecule has 0 saturated heterocycles. The van der Waals surface area contributed by atoms with E-state index in [0.717, 1.165) is 36.4 Å². The van der Waals surface area contributed by atoms with Gasteiger partial charge in [0.2, 0.25) is 0 Å². The van der Waals surface area contributed by atoms with Crippen LogP contribution in [-0.4, -0.2) is 32.1 Å². The Kier molecular flexibility index (Phi) is 5.45. The van der Waals surface area contributed by atoms with E-state index in [2.05, 4.69) is 32.0 Å². The molecule has 0 heterocycles. The first-order valence-corrected chi connectivity index (χ1v) is 6.14. The summed E-state index contributed by atoms with van der Waals surface area (Å²) in [7, 11) is 4.14. The number of hydrogen-bond acceptors (Lipinski definition) is 3. The molecule has 0 aliphatic heterocycles. The zero-order valence-electron chi connectivity index (χ0n) is 11.4. The summed E-state index contributed by atoms with van der Waals surface area (Å²) in [4.78, 5) is 2.16. The summed E-state index contributed by atoms with van der Waals surface area (Å²) >= 11 is 0. The molecule has 0 amide bonds. The summed E-state index contributed by atoms with van der Waals surface area (Å²) in [6, 6.07) is 6.24. The van der Waals surface area contributed by atoms with E-state index >= 15 is 0 Å². The normalized spacial score (nSPS) is 12.8. The third kappa shape index (κ3) is 4.75. The summed E-state index contributed by atoms with van der Waals surface area (Å²) in [6.07, 6.45) is 1.04. The molecule has 0 saturated carbocycles. The largest absolute Gasteiger partial charge is 0.493 e. The molecule has 0 bridgehead atoms. The molecule has 0 radical (unpaired) electrons. The Morgan fingerprint density at radius 3 is 2.59 bits per heavy atom. The van der Waals surface area contributed by atoms with Gasteiger partial charge in [0.1, 0.15) is 5.75 Å². The summed E-state index contributed by atoms with van der Waals surface area (Å²) in [5.74, 6) is 0.966. The van der Waals surface area contributed by atoms with Crippen molar-refractivity contribution in [1.29, 1.82) is 0 Å². The van der Waals surface area contributed by atoms with Gasteiger partial charge in [-0.25, -0.2) is 0 Å². The predicted octanol–water partition coefficient (Wildman–Crippen LogP) is 2.35. The second-order valence-corrected chi connectivity index (χ2v) is 4.82. The maximum Gasteiger partial charge on any atom is 0.122 e. The predicted molar refractivity (Wildman–Crippen MR) is 72.4 cm³/mol. The SMILES string of the molecule is Cc1cc(C(C)N)ccc1OCCCN(C)C. The van der Waals surface area contributed by atoms with E-state index in [1.165, 1.54) is 0 Å². The van der Waals surface area contributed by atoms with Gasteiger partial charge in [-0.3, -0.25) is 0 Å². The van der Waals surface area contributed by atoms with Crippen LogP contribution in [-0.2, 0) is 0 Å². The van der Waals surface area contributed by atoms with Crippen LogP contribution in [0.4, 0.5) is 0 Å². The molecule has 17 heavy (non-hydrogen) atoms. The summed E-state index contributed by atoms with van der Waals surface area (Å²) in [6.45, 7) is 5.87. The Morgan fingerprint density at radius 2 is 2.06 bits per heavy atom. The number of nitrogens with zero attached hydrogens (tertiary/aromatic N) is 1. The van der Waals surface area contributed by atoms with Crippen LogP contribution in [0.15, 0.2) is 18.2 Å². The molecule has 0 fully saturated rings. The highest BCUT2D eigenvalue weighted by atomic mass is 16.5. The van der Waals surface area contributed by atoms with Gasteiger partial charge in [-0.2, -0.15) is 0 Å². The number of hydrogen-bond donors (Lipinski definition) is 1. The van der Waals surface area contributed by atoms with Crippen LogP contribution in [0, 0.1) is 6.92 Å². The molecule has 1 atom stereocenters. The lowest BCUT2D eigenvalue weighted by Crippen LogP contribution is -2.15. The zero-order valence-corrected chi connectivity index (χ0v) is 11.4. The number of ether oxygens (including phenoxy) is 1. The van der Waals surface area contributed by atoms with Crippen LogP contribution in [0.5, 0.6) is 5.75 Å². The van der Waals surface area contributed by atoms with Crippen molar-refractivity contribution < 1.29 is 4.74 Å². The van der Waals surface area contributed by atoms with Gasteiger partial charge in [-0.05, 0) is 51.6 Å². The number of nitrogens with two attached hydrogens (primary N) is 1. The van der Waals surface area contributed by atoms with E-state index in [1.54, 1.807) is 0 Å². The lowest BCUT2D eigenvalue weighted by molar-refractivity contribution is 0.280. The Labute approximate surface area is 105 Å². The first-order chi connectivity index (χ1) is 8.00. The Morgan fingerprint density at radius 1 is 1.35 bits per heavy atom. The van der Waals surface area contributed by atoms with Crippen molar-refractivity contribution in [3.05, 3.63) is 29.3 Å². The van der Waals surface area contributed by atoms with E-state index in [1.807, 2.05) is 19.1 Å². The summed E-state index contributed by atoms with van der Waals surface area (Å²) in [5.41, 5.74) is 8.15. The minimum Gasteiger partial charge on any atom is -0.493 e. The summed E-state index contributed by atoms with van der Waals surface area (Å²) < 4.78 is 5.75. The van der Waals surface area contributed by atoms with Crippen LogP contribution in [0.3, 0.4) is 0 Å². The van der Waals surface area contributed by atoms with E-state index < -0.39 is 0 Å². The Balaban J connectivity index is 2.49. The smallest absolute Gasteiger partial charge is 0.122 e. The maximum atomic E-state index is 5.84. The highest BCUT2D eigenvalue weighted by Crippen LogP contribution is 2.21. The number of benzene rings is 1. The average Bonchev–Trinajstić information content (AvgIpc) is 2.25. The lowest BCUT2D eigenvalue weighted by atomic mass is 10.1. The van der Waals surface area contributed by atoms with Crippen LogP contribution >= 0.6 is 0 Å². The number of aryl methyl sites for hydroxylation is 1. The molecular formula is C14H24N2O. The van der Waals surface area contributed by atoms with Gasteiger partial charge >= 0.3 is 0 Å². The van der Waals surface area contributed by atoms with Gasteiger partial charge in [0.25, 0.3) is 0 Å². The highest BCUT2D eigenvalue weighted by Gasteiger charge is 2.04. The van der Waals surface area contributed by atoms with E-state index in [0.29, 0.717) is 0 Å². The molecule has 1 unspecified atom stereocenters. The van der Waals surface area contributed by atoms with Crippen molar-refractivity contribution in [2.75, 3.05) is 27.2 Å². The third-order valence-corrected chi connectivity index (χ3v) is 2.73. The second kappa shape index (κ2) is 6.62. The fourth-order valence-corrected chi connectivity index (χ4v) is 1.68. The molecule has 0 aromatic heterocycles. The van der Waals surface area contributed by atoms with Crippen LogP contribution in [0.1, 0.15) is 30.5 Å². The molecule has 1 rings (SSSR count). The van der Waals surface area contributed by atoms with Crippen molar-refractivity contribution in [1.82, 2.24) is 4.90 Å². The molecule has 3 nitrogen and oxygen atoms in total. The van der Waals surface area contributed by atoms with Gasteiger partial charge in [0, 0.05) is 12.6 Å². The van der Waals surface area contributed by atoms with Gasteiger partial charge in [0.15, 0.2) is 0 Å². The minimum absolute atomic E-state index is 0.0801. The third-order valence-electron chi connectivity index (χ3n) is 2.73. The van der Waals surface area contributed by atoms with Crippen molar-refractivity contribution in [2.45, 2.75) is 26.3 Å². The van der Waals surface area contributed by atoms with Crippen LogP contribution < -0.4 is 10.5 Å². The van der Waals surface area contributed by atoms with Crippen molar-refractivity contribution in [2.24, 2.45) is 5.73 Å². The molecule has 3 heteroatoms. The fourth-order valence-electron chi connectivity index (χ4n) is 1.68. The minimum atomic E-state index is 0.0801. The van der Waals surface area contributed by atoms with Crippen molar-refractivity contribution in [3.8, 4) is 5.75 Å². The zero-order chi connectivity index (χ0) is 12.8. The highest BCUT2D eigenvalue weighted by molar-refractivity contribution is 5.37. The molecule has 1 aromatic carbocycles. The average molecular weight is 236 g/mol.